The second-order valence-corrected chi connectivity index (χ2v) is 6.24. The van der Waals surface area contributed by atoms with Crippen LogP contribution in [0.3, 0.4) is 0 Å². The van der Waals surface area contributed by atoms with Crippen LogP contribution in [-0.4, -0.2) is 24.5 Å². The van der Waals surface area contributed by atoms with Crippen LogP contribution in [0.2, 0.25) is 0 Å². The Bertz CT molecular complexity index is 389. The van der Waals surface area contributed by atoms with Crippen molar-refractivity contribution in [1.82, 2.24) is 10.2 Å². The number of nitrogens with one attached hydrogen (secondary N) is 1. The number of fused-ring (bicyclic) bond motifs is 1. The third-order valence-corrected chi connectivity index (χ3v) is 4.65. The second kappa shape index (κ2) is 6.10. The number of furan rings is 1. The molecule has 0 bridgehead atoms. The first-order valence-corrected chi connectivity index (χ1v) is 7.84. The number of nitrogens with zero attached hydrogens (tertiary/aromatic N) is 1. The predicted octanol–water partition coefficient (Wildman–Crippen LogP) is 3.01. The van der Waals surface area contributed by atoms with Crippen molar-refractivity contribution in [2.45, 2.75) is 45.7 Å². The topological polar surface area (TPSA) is 28.4 Å². The number of hydrogen-bond acceptors (Lipinski definition) is 3. The highest BCUT2D eigenvalue weighted by Gasteiger charge is 2.35. The molecule has 1 N–H and O–H groups in total. The first-order valence-electron chi connectivity index (χ1n) is 7.84. The molecule has 0 radical (unpaired) electrons. The molecule has 1 saturated heterocycles. The maximum atomic E-state index is 5.70. The number of likely N-dealkylation sites (tertiary alicyclic amines) is 1. The molecule has 0 amide bonds. The summed E-state index contributed by atoms with van der Waals surface area (Å²) < 4.78 is 5.70. The Labute approximate surface area is 116 Å². The zero-order valence-corrected chi connectivity index (χ0v) is 12.0. The van der Waals surface area contributed by atoms with E-state index >= 15 is 0 Å². The highest BCUT2D eigenvalue weighted by Crippen LogP contribution is 2.38. The molecule has 19 heavy (non-hydrogen) atoms. The van der Waals surface area contributed by atoms with Crippen LogP contribution < -0.4 is 5.32 Å². The van der Waals surface area contributed by atoms with Crippen molar-refractivity contribution >= 4 is 0 Å². The lowest BCUT2D eigenvalue weighted by atomic mass is 10.0. The van der Waals surface area contributed by atoms with E-state index in [4.69, 9.17) is 4.42 Å². The van der Waals surface area contributed by atoms with Gasteiger partial charge in [-0.1, -0.05) is 13.3 Å². The van der Waals surface area contributed by atoms with Gasteiger partial charge < -0.3 is 9.73 Å². The van der Waals surface area contributed by atoms with Gasteiger partial charge in [0.1, 0.15) is 5.76 Å². The highest BCUT2D eigenvalue weighted by atomic mass is 16.3. The largest absolute Gasteiger partial charge is 0.468 e. The van der Waals surface area contributed by atoms with Crippen molar-refractivity contribution in [2.24, 2.45) is 11.8 Å². The Morgan fingerprint density at radius 3 is 2.84 bits per heavy atom. The Morgan fingerprint density at radius 1 is 1.32 bits per heavy atom. The van der Waals surface area contributed by atoms with Gasteiger partial charge in [0, 0.05) is 25.2 Å². The van der Waals surface area contributed by atoms with E-state index in [0.717, 1.165) is 37.2 Å². The molecule has 3 rings (SSSR count). The van der Waals surface area contributed by atoms with E-state index in [1.807, 2.05) is 6.26 Å². The van der Waals surface area contributed by atoms with Gasteiger partial charge >= 0.3 is 0 Å². The van der Waals surface area contributed by atoms with Gasteiger partial charge in [0.25, 0.3) is 0 Å². The van der Waals surface area contributed by atoms with Crippen molar-refractivity contribution in [1.29, 1.82) is 0 Å². The van der Waals surface area contributed by atoms with Crippen LogP contribution in [0.1, 0.15) is 43.9 Å². The molecule has 106 valence electrons. The summed E-state index contributed by atoms with van der Waals surface area (Å²) in [7, 11) is 0. The van der Waals surface area contributed by atoms with Crippen LogP contribution in [0.15, 0.2) is 16.7 Å². The summed E-state index contributed by atoms with van der Waals surface area (Å²) in [4.78, 5) is 2.58. The van der Waals surface area contributed by atoms with Crippen molar-refractivity contribution in [3.8, 4) is 0 Å². The van der Waals surface area contributed by atoms with E-state index in [1.165, 1.54) is 44.3 Å². The minimum atomic E-state index is 0.933. The first kappa shape index (κ1) is 13.2. The smallest absolute Gasteiger partial charge is 0.118 e. The summed E-state index contributed by atoms with van der Waals surface area (Å²) in [6.07, 6.45) is 7.45. The zero-order valence-electron chi connectivity index (χ0n) is 12.0. The van der Waals surface area contributed by atoms with Crippen molar-refractivity contribution in [3.05, 3.63) is 23.7 Å². The van der Waals surface area contributed by atoms with E-state index in [2.05, 4.69) is 23.2 Å². The molecule has 2 heterocycles. The fraction of sp³-hybridized carbons (Fsp3) is 0.750. The van der Waals surface area contributed by atoms with Gasteiger partial charge in [-0.15, -0.1) is 0 Å². The Kier molecular flexibility index (Phi) is 4.24. The third kappa shape index (κ3) is 3.21. The zero-order chi connectivity index (χ0) is 13.1. The average Bonchev–Trinajstić information content (AvgIpc) is 3.06. The van der Waals surface area contributed by atoms with Gasteiger partial charge in [0.15, 0.2) is 0 Å². The summed E-state index contributed by atoms with van der Waals surface area (Å²) in [5.41, 5.74) is 1.28. The van der Waals surface area contributed by atoms with Crippen LogP contribution in [-0.2, 0) is 13.1 Å². The van der Waals surface area contributed by atoms with Crippen LogP contribution in [0.25, 0.3) is 0 Å². The summed E-state index contributed by atoms with van der Waals surface area (Å²) in [5, 5.41) is 3.42. The normalized spacial score (nSPS) is 27.0. The SMILES string of the molecule is CCCNCc1coc(CN2CC3CCCC3C2)c1. The van der Waals surface area contributed by atoms with Gasteiger partial charge in [-0.2, -0.15) is 0 Å². The van der Waals surface area contributed by atoms with E-state index < -0.39 is 0 Å². The van der Waals surface area contributed by atoms with Crippen molar-refractivity contribution < 1.29 is 4.42 Å². The molecule has 2 unspecified atom stereocenters. The van der Waals surface area contributed by atoms with Crippen LogP contribution in [0.4, 0.5) is 0 Å². The molecule has 3 nitrogen and oxygen atoms in total. The minimum absolute atomic E-state index is 0.933. The maximum Gasteiger partial charge on any atom is 0.118 e. The molecule has 1 aliphatic heterocycles. The molecule has 1 saturated carbocycles. The Morgan fingerprint density at radius 2 is 2.11 bits per heavy atom. The first-order chi connectivity index (χ1) is 9.35. The fourth-order valence-corrected chi connectivity index (χ4v) is 3.69. The lowest BCUT2D eigenvalue weighted by Crippen LogP contribution is -2.20. The Hall–Kier alpha value is -0.800. The van der Waals surface area contributed by atoms with Gasteiger partial charge in [0.05, 0.1) is 12.8 Å². The molecule has 1 aromatic rings. The highest BCUT2D eigenvalue weighted by molar-refractivity contribution is 5.13. The van der Waals surface area contributed by atoms with Gasteiger partial charge in [0.2, 0.25) is 0 Å². The molecule has 2 fully saturated rings. The lowest BCUT2D eigenvalue weighted by Gasteiger charge is -2.14. The quantitative estimate of drug-likeness (QED) is 0.799. The summed E-state index contributed by atoms with van der Waals surface area (Å²) in [6.45, 7) is 7.78. The van der Waals surface area contributed by atoms with Gasteiger partial charge in [-0.05, 0) is 43.7 Å². The minimum Gasteiger partial charge on any atom is -0.468 e. The molecule has 1 aliphatic carbocycles. The third-order valence-electron chi connectivity index (χ3n) is 4.65. The molecule has 2 atom stereocenters. The monoisotopic (exact) mass is 262 g/mol. The van der Waals surface area contributed by atoms with Crippen molar-refractivity contribution in [3.63, 3.8) is 0 Å². The van der Waals surface area contributed by atoms with Gasteiger partial charge in [-0.25, -0.2) is 0 Å². The van der Waals surface area contributed by atoms with Crippen LogP contribution in [0.5, 0.6) is 0 Å². The fourth-order valence-electron chi connectivity index (χ4n) is 3.69. The number of rotatable bonds is 6. The van der Waals surface area contributed by atoms with Crippen LogP contribution >= 0.6 is 0 Å². The van der Waals surface area contributed by atoms with Crippen LogP contribution in [0, 0.1) is 11.8 Å². The van der Waals surface area contributed by atoms with E-state index in [1.54, 1.807) is 0 Å². The second-order valence-electron chi connectivity index (χ2n) is 6.24. The average molecular weight is 262 g/mol. The lowest BCUT2D eigenvalue weighted by molar-refractivity contribution is 0.276. The molecule has 1 aromatic heterocycles. The van der Waals surface area contributed by atoms with E-state index in [-0.39, 0.29) is 0 Å². The summed E-state index contributed by atoms with van der Waals surface area (Å²) >= 11 is 0. The number of hydrogen-bond donors (Lipinski definition) is 1. The molecule has 3 heteroatoms. The van der Waals surface area contributed by atoms with E-state index in [0.29, 0.717) is 0 Å². The Balaban J connectivity index is 1.47. The summed E-state index contributed by atoms with van der Waals surface area (Å²) in [5.74, 6) is 3.08. The molecule has 0 aromatic carbocycles. The molecular weight excluding hydrogens is 236 g/mol. The van der Waals surface area contributed by atoms with Gasteiger partial charge in [-0.3, -0.25) is 4.90 Å². The molecule has 2 aliphatic rings. The molecule has 0 spiro atoms. The molecular formula is C16H26N2O. The standard InChI is InChI=1S/C16H26N2O/c1-2-6-17-8-13-7-16(19-12-13)11-18-9-14-4-3-5-15(14)10-18/h7,12,14-15,17H,2-6,8-11H2,1H3. The summed E-state index contributed by atoms with van der Waals surface area (Å²) in [6, 6.07) is 2.22. The van der Waals surface area contributed by atoms with Crippen molar-refractivity contribution in [2.75, 3.05) is 19.6 Å². The maximum absolute atomic E-state index is 5.70. The van der Waals surface area contributed by atoms with E-state index in [9.17, 15) is 0 Å². The predicted molar refractivity (Wildman–Crippen MR) is 76.8 cm³/mol.